The van der Waals surface area contributed by atoms with Crippen LogP contribution in [0.3, 0.4) is 0 Å². The Bertz CT molecular complexity index is 843. The molecule has 1 amide bonds. The highest BCUT2D eigenvalue weighted by atomic mass is 35.5. The standard InChI is InChI=1S/C18H16ClN3O2/c1-12-18(21-11-20-12)13-3-2-4-15(9-13)22-17(23)10-24-16-7-5-14(19)6-8-16/h2-9,11H,10H2,1H3,(H,20,21)(H,22,23). The van der Waals surface area contributed by atoms with Crippen LogP contribution in [0.25, 0.3) is 11.3 Å². The molecule has 0 fully saturated rings. The SMILES string of the molecule is Cc1[nH]cnc1-c1cccc(NC(=O)COc2ccc(Cl)cc2)c1. The van der Waals surface area contributed by atoms with E-state index in [1.165, 1.54) is 0 Å². The lowest BCUT2D eigenvalue weighted by Gasteiger charge is -2.09. The van der Waals surface area contributed by atoms with E-state index in [-0.39, 0.29) is 12.5 Å². The van der Waals surface area contributed by atoms with Crippen LogP contribution < -0.4 is 10.1 Å². The van der Waals surface area contributed by atoms with Crippen molar-refractivity contribution in [1.82, 2.24) is 9.97 Å². The molecule has 24 heavy (non-hydrogen) atoms. The van der Waals surface area contributed by atoms with Gasteiger partial charge in [-0.2, -0.15) is 0 Å². The summed E-state index contributed by atoms with van der Waals surface area (Å²) in [5, 5.41) is 3.44. The van der Waals surface area contributed by atoms with Crippen molar-refractivity contribution in [2.24, 2.45) is 0 Å². The number of ether oxygens (including phenoxy) is 1. The molecule has 0 unspecified atom stereocenters. The molecule has 0 radical (unpaired) electrons. The van der Waals surface area contributed by atoms with Crippen molar-refractivity contribution in [1.29, 1.82) is 0 Å². The van der Waals surface area contributed by atoms with Gasteiger partial charge in [-0.05, 0) is 43.3 Å². The third-order valence-corrected chi connectivity index (χ3v) is 3.69. The number of nitrogens with one attached hydrogen (secondary N) is 2. The van der Waals surface area contributed by atoms with Crippen molar-refractivity contribution in [2.45, 2.75) is 6.92 Å². The number of amides is 1. The van der Waals surface area contributed by atoms with Crippen LogP contribution in [0.4, 0.5) is 5.69 Å². The summed E-state index contributed by atoms with van der Waals surface area (Å²) in [7, 11) is 0. The van der Waals surface area contributed by atoms with Gasteiger partial charge in [0.15, 0.2) is 6.61 Å². The van der Waals surface area contributed by atoms with Crippen molar-refractivity contribution < 1.29 is 9.53 Å². The minimum Gasteiger partial charge on any atom is -0.484 e. The zero-order valence-corrected chi connectivity index (χ0v) is 13.8. The molecule has 2 aromatic carbocycles. The van der Waals surface area contributed by atoms with Crippen molar-refractivity contribution in [2.75, 3.05) is 11.9 Å². The zero-order chi connectivity index (χ0) is 16.9. The van der Waals surface area contributed by atoms with E-state index in [0.29, 0.717) is 16.5 Å². The maximum absolute atomic E-state index is 12.0. The Balaban J connectivity index is 1.62. The second kappa shape index (κ2) is 7.19. The van der Waals surface area contributed by atoms with E-state index < -0.39 is 0 Å². The number of anilines is 1. The molecule has 0 saturated carbocycles. The third kappa shape index (κ3) is 3.94. The number of halogens is 1. The number of carbonyl (C=O) groups excluding carboxylic acids is 1. The van der Waals surface area contributed by atoms with Crippen LogP contribution in [0.1, 0.15) is 5.69 Å². The first kappa shape index (κ1) is 16.1. The molecular formula is C18H16ClN3O2. The van der Waals surface area contributed by atoms with Crippen LogP contribution in [-0.4, -0.2) is 22.5 Å². The number of hydrogen-bond donors (Lipinski definition) is 2. The number of imidazole rings is 1. The maximum Gasteiger partial charge on any atom is 0.262 e. The van der Waals surface area contributed by atoms with Crippen molar-refractivity contribution in [3.05, 3.63) is 65.6 Å². The van der Waals surface area contributed by atoms with Gasteiger partial charge >= 0.3 is 0 Å². The van der Waals surface area contributed by atoms with Gasteiger partial charge in [0.05, 0.1) is 12.0 Å². The molecule has 0 saturated heterocycles. The first-order valence-corrected chi connectivity index (χ1v) is 7.78. The van der Waals surface area contributed by atoms with Gasteiger partial charge < -0.3 is 15.0 Å². The van der Waals surface area contributed by atoms with Gasteiger partial charge in [0, 0.05) is 22.0 Å². The lowest BCUT2D eigenvalue weighted by molar-refractivity contribution is -0.118. The van der Waals surface area contributed by atoms with E-state index in [0.717, 1.165) is 17.0 Å². The van der Waals surface area contributed by atoms with Crippen LogP contribution in [0.5, 0.6) is 5.75 Å². The first-order chi connectivity index (χ1) is 11.6. The quantitative estimate of drug-likeness (QED) is 0.735. The number of hydrogen-bond acceptors (Lipinski definition) is 3. The molecule has 2 N–H and O–H groups in total. The molecular weight excluding hydrogens is 326 g/mol. The molecule has 3 aromatic rings. The summed E-state index contributed by atoms with van der Waals surface area (Å²) < 4.78 is 5.43. The lowest BCUT2D eigenvalue weighted by atomic mass is 10.1. The number of benzene rings is 2. The zero-order valence-electron chi connectivity index (χ0n) is 13.0. The predicted molar refractivity (Wildman–Crippen MR) is 94.3 cm³/mol. The van der Waals surface area contributed by atoms with Crippen LogP contribution >= 0.6 is 11.6 Å². The van der Waals surface area contributed by atoms with Crippen molar-refractivity contribution in [3.8, 4) is 17.0 Å². The predicted octanol–water partition coefficient (Wildman–Crippen LogP) is 4.06. The smallest absolute Gasteiger partial charge is 0.262 e. The minimum atomic E-state index is -0.235. The molecule has 0 spiro atoms. The highest BCUT2D eigenvalue weighted by Crippen LogP contribution is 2.23. The first-order valence-electron chi connectivity index (χ1n) is 7.40. The summed E-state index contributed by atoms with van der Waals surface area (Å²) >= 11 is 5.81. The molecule has 1 aromatic heterocycles. The fraction of sp³-hybridized carbons (Fsp3) is 0.111. The van der Waals surface area contributed by atoms with Gasteiger partial charge in [-0.25, -0.2) is 4.98 Å². The Morgan fingerprint density at radius 3 is 2.75 bits per heavy atom. The molecule has 0 bridgehead atoms. The van der Waals surface area contributed by atoms with E-state index in [1.807, 2.05) is 31.2 Å². The van der Waals surface area contributed by atoms with Gasteiger partial charge in [0.2, 0.25) is 0 Å². The van der Waals surface area contributed by atoms with Crippen molar-refractivity contribution >= 4 is 23.2 Å². The van der Waals surface area contributed by atoms with Crippen LogP contribution in [0.2, 0.25) is 5.02 Å². The molecule has 0 aliphatic rings. The van der Waals surface area contributed by atoms with Gasteiger partial charge in [0.1, 0.15) is 5.75 Å². The number of carbonyl (C=O) groups is 1. The second-order valence-corrected chi connectivity index (χ2v) is 5.68. The molecule has 0 aliphatic heterocycles. The van der Waals surface area contributed by atoms with Crippen molar-refractivity contribution in [3.63, 3.8) is 0 Å². The minimum absolute atomic E-state index is 0.0761. The fourth-order valence-electron chi connectivity index (χ4n) is 2.27. The summed E-state index contributed by atoms with van der Waals surface area (Å²) in [5.74, 6) is 0.358. The molecule has 1 heterocycles. The summed E-state index contributed by atoms with van der Waals surface area (Å²) in [4.78, 5) is 19.4. The monoisotopic (exact) mass is 341 g/mol. The fourth-order valence-corrected chi connectivity index (χ4v) is 2.40. The largest absolute Gasteiger partial charge is 0.484 e. The summed E-state index contributed by atoms with van der Waals surface area (Å²) in [6.07, 6.45) is 1.65. The molecule has 122 valence electrons. The summed E-state index contributed by atoms with van der Waals surface area (Å²) in [6.45, 7) is 1.88. The molecule has 0 atom stereocenters. The average molecular weight is 342 g/mol. The van der Waals surface area contributed by atoms with Crippen LogP contribution in [0, 0.1) is 6.92 Å². The number of aryl methyl sites for hydroxylation is 1. The second-order valence-electron chi connectivity index (χ2n) is 5.25. The Hall–Kier alpha value is -2.79. The number of nitrogens with zero attached hydrogens (tertiary/aromatic N) is 1. The number of H-pyrrole nitrogens is 1. The highest BCUT2D eigenvalue weighted by molar-refractivity contribution is 6.30. The van der Waals surface area contributed by atoms with E-state index in [1.54, 1.807) is 30.6 Å². The van der Waals surface area contributed by atoms with E-state index in [2.05, 4.69) is 15.3 Å². The van der Waals surface area contributed by atoms with Crippen LogP contribution in [0.15, 0.2) is 54.9 Å². The number of aromatic nitrogens is 2. The van der Waals surface area contributed by atoms with Gasteiger partial charge in [0.25, 0.3) is 5.91 Å². The normalized spacial score (nSPS) is 10.4. The Morgan fingerprint density at radius 2 is 2.04 bits per heavy atom. The van der Waals surface area contributed by atoms with E-state index in [9.17, 15) is 4.79 Å². The Morgan fingerprint density at radius 1 is 1.25 bits per heavy atom. The third-order valence-electron chi connectivity index (χ3n) is 3.43. The maximum atomic E-state index is 12.0. The number of rotatable bonds is 5. The van der Waals surface area contributed by atoms with E-state index in [4.69, 9.17) is 16.3 Å². The molecule has 0 aliphatic carbocycles. The van der Waals surface area contributed by atoms with Gasteiger partial charge in [-0.1, -0.05) is 23.7 Å². The molecule has 3 rings (SSSR count). The molecule has 5 nitrogen and oxygen atoms in total. The van der Waals surface area contributed by atoms with Gasteiger partial charge in [-0.3, -0.25) is 4.79 Å². The van der Waals surface area contributed by atoms with E-state index >= 15 is 0 Å². The summed E-state index contributed by atoms with van der Waals surface area (Å²) in [5.41, 5.74) is 3.47. The Labute approximate surface area is 144 Å². The average Bonchev–Trinajstić information content (AvgIpc) is 3.01. The van der Waals surface area contributed by atoms with Crippen LogP contribution in [-0.2, 0) is 4.79 Å². The summed E-state index contributed by atoms with van der Waals surface area (Å²) in [6, 6.07) is 14.4. The topological polar surface area (TPSA) is 67.0 Å². The lowest BCUT2D eigenvalue weighted by Crippen LogP contribution is -2.20. The Kier molecular flexibility index (Phi) is 4.82. The highest BCUT2D eigenvalue weighted by Gasteiger charge is 2.08. The number of aromatic amines is 1. The van der Waals surface area contributed by atoms with Gasteiger partial charge in [-0.15, -0.1) is 0 Å². The molecule has 6 heteroatoms.